The average Bonchev–Trinajstić information content (AvgIpc) is 2.99. The second-order valence-corrected chi connectivity index (χ2v) is 6.99. The van der Waals surface area contributed by atoms with Crippen LogP contribution in [0.25, 0.3) is 5.57 Å². The largest absolute Gasteiger partial charge is 0.495 e. The number of rotatable bonds is 5. The van der Waals surface area contributed by atoms with E-state index in [1.54, 1.807) is 42.5 Å². The van der Waals surface area contributed by atoms with Crippen molar-refractivity contribution in [3.8, 4) is 5.75 Å². The van der Waals surface area contributed by atoms with E-state index in [9.17, 15) is 18.4 Å². The van der Waals surface area contributed by atoms with Gasteiger partial charge in [0.2, 0.25) is 0 Å². The number of amides is 2. The van der Waals surface area contributed by atoms with Crippen LogP contribution in [0.1, 0.15) is 11.1 Å². The number of ether oxygens (including phenoxy) is 1. The summed E-state index contributed by atoms with van der Waals surface area (Å²) in [5.41, 5.74) is 1.61. The highest BCUT2D eigenvalue weighted by Crippen LogP contribution is 2.36. The van der Waals surface area contributed by atoms with Crippen molar-refractivity contribution in [3.63, 3.8) is 0 Å². The lowest BCUT2D eigenvalue weighted by molar-refractivity contribution is -0.120. The number of carbonyl (C=O) groups is 2. The molecule has 1 aliphatic rings. The normalized spacial score (nSPS) is 13.7. The van der Waals surface area contributed by atoms with Gasteiger partial charge in [0.15, 0.2) is 0 Å². The molecule has 2 amide bonds. The molecule has 156 valence electrons. The number of imide groups is 1. The molecular formula is C24H18F2N2O3. The molecule has 1 aliphatic heterocycles. The minimum Gasteiger partial charge on any atom is -0.495 e. The summed E-state index contributed by atoms with van der Waals surface area (Å²) >= 11 is 0. The van der Waals surface area contributed by atoms with Crippen LogP contribution in [0.2, 0.25) is 0 Å². The van der Waals surface area contributed by atoms with E-state index < -0.39 is 23.4 Å². The summed E-state index contributed by atoms with van der Waals surface area (Å²) in [6, 6.07) is 16.6. The van der Waals surface area contributed by atoms with E-state index in [0.717, 1.165) is 17.7 Å². The van der Waals surface area contributed by atoms with E-state index in [0.29, 0.717) is 28.0 Å². The zero-order valence-electron chi connectivity index (χ0n) is 16.8. The lowest BCUT2D eigenvalue weighted by Crippen LogP contribution is -2.33. The van der Waals surface area contributed by atoms with Crippen molar-refractivity contribution < 1.29 is 23.1 Å². The van der Waals surface area contributed by atoms with Crippen molar-refractivity contribution in [2.45, 2.75) is 6.92 Å². The SMILES string of the molecule is COc1ccc(C)cc1NC1=C(c2ccccc2)C(=O)N(c2ccc(F)cc2F)C1=O. The molecule has 0 atom stereocenters. The van der Waals surface area contributed by atoms with Crippen LogP contribution in [-0.4, -0.2) is 18.9 Å². The number of hydrogen-bond donors (Lipinski definition) is 1. The Morgan fingerprint density at radius 1 is 0.903 bits per heavy atom. The molecule has 5 nitrogen and oxygen atoms in total. The fraction of sp³-hybridized carbons (Fsp3) is 0.0833. The van der Waals surface area contributed by atoms with Crippen LogP contribution >= 0.6 is 0 Å². The first kappa shape index (κ1) is 20.3. The Balaban J connectivity index is 1.86. The van der Waals surface area contributed by atoms with Gasteiger partial charge < -0.3 is 10.1 Å². The van der Waals surface area contributed by atoms with Crippen molar-refractivity contribution in [2.75, 3.05) is 17.3 Å². The molecule has 0 spiro atoms. The monoisotopic (exact) mass is 420 g/mol. The van der Waals surface area contributed by atoms with Crippen LogP contribution in [0.3, 0.4) is 0 Å². The molecule has 0 saturated heterocycles. The van der Waals surface area contributed by atoms with Crippen molar-refractivity contribution in [3.05, 3.63) is 95.2 Å². The van der Waals surface area contributed by atoms with Gasteiger partial charge in [-0.1, -0.05) is 36.4 Å². The summed E-state index contributed by atoms with van der Waals surface area (Å²) in [6.07, 6.45) is 0. The molecule has 3 aromatic carbocycles. The maximum Gasteiger partial charge on any atom is 0.282 e. The summed E-state index contributed by atoms with van der Waals surface area (Å²) < 4.78 is 33.2. The van der Waals surface area contributed by atoms with Gasteiger partial charge in [-0.05, 0) is 42.3 Å². The fourth-order valence-electron chi connectivity index (χ4n) is 3.45. The van der Waals surface area contributed by atoms with E-state index >= 15 is 0 Å². The van der Waals surface area contributed by atoms with Crippen molar-refractivity contribution >= 4 is 28.8 Å². The zero-order valence-corrected chi connectivity index (χ0v) is 16.8. The number of anilines is 2. The van der Waals surface area contributed by atoms with E-state index in [4.69, 9.17) is 4.74 Å². The van der Waals surface area contributed by atoms with Crippen molar-refractivity contribution in [2.24, 2.45) is 0 Å². The third-order valence-corrected chi connectivity index (χ3v) is 4.91. The quantitative estimate of drug-likeness (QED) is 0.609. The maximum atomic E-state index is 14.5. The van der Waals surface area contributed by atoms with Crippen LogP contribution in [-0.2, 0) is 9.59 Å². The van der Waals surface area contributed by atoms with Gasteiger partial charge in [0.05, 0.1) is 24.1 Å². The number of nitrogens with zero attached hydrogens (tertiary/aromatic N) is 1. The Kier molecular flexibility index (Phi) is 5.25. The fourth-order valence-corrected chi connectivity index (χ4v) is 3.45. The molecule has 0 fully saturated rings. The number of carbonyl (C=O) groups excluding carboxylic acids is 2. The van der Waals surface area contributed by atoms with E-state index in [1.165, 1.54) is 7.11 Å². The summed E-state index contributed by atoms with van der Waals surface area (Å²) in [6.45, 7) is 1.87. The van der Waals surface area contributed by atoms with Crippen LogP contribution < -0.4 is 15.0 Å². The molecule has 0 bridgehead atoms. The number of benzene rings is 3. The molecule has 7 heteroatoms. The van der Waals surface area contributed by atoms with Gasteiger partial charge in [0, 0.05) is 6.07 Å². The summed E-state index contributed by atoms with van der Waals surface area (Å²) in [5, 5.41) is 3.01. The third kappa shape index (κ3) is 3.66. The number of halogens is 2. The predicted molar refractivity (Wildman–Crippen MR) is 114 cm³/mol. The second-order valence-electron chi connectivity index (χ2n) is 6.99. The van der Waals surface area contributed by atoms with Gasteiger partial charge >= 0.3 is 0 Å². The van der Waals surface area contributed by atoms with Crippen LogP contribution in [0.15, 0.2) is 72.4 Å². The molecule has 1 heterocycles. The van der Waals surface area contributed by atoms with Crippen LogP contribution in [0.4, 0.5) is 20.2 Å². The summed E-state index contributed by atoms with van der Waals surface area (Å²) in [5.74, 6) is -2.81. The molecule has 1 N–H and O–H groups in total. The summed E-state index contributed by atoms with van der Waals surface area (Å²) in [4.78, 5) is 27.3. The number of methoxy groups -OCH3 is 1. The molecular weight excluding hydrogens is 402 g/mol. The second kappa shape index (κ2) is 8.02. The smallest absolute Gasteiger partial charge is 0.282 e. The first-order valence-corrected chi connectivity index (χ1v) is 9.46. The highest BCUT2D eigenvalue weighted by molar-refractivity contribution is 6.46. The Bertz CT molecular complexity index is 1220. The number of hydrogen-bond acceptors (Lipinski definition) is 4. The van der Waals surface area contributed by atoms with Gasteiger partial charge in [0.25, 0.3) is 11.8 Å². The Labute approximate surface area is 177 Å². The van der Waals surface area contributed by atoms with E-state index in [-0.39, 0.29) is 17.0 Å². The Hall–Kier alpha value is -4.00. The Morgan fingerprint density at radius 3 is 2.32 bits per heavy atom. The average molecular weight is 420 g/mol. The minimum atomic E-state index is -1.01. The van der Waals surface area contributed by atoms with Crippen molar-refractivity contribution in [1.82, 2.24) is 0 Å². The van der Waals surface area contributed by atoms with Crippen LogP contribution in [0, 0.1) is 18.6 Å². The van der Waals surface area contributed by atoms with Gasteiger partial charge in [-0.3, -0.25) is 9.59 Å². The number of aryl methyl sites for hydroxylation is 1. The van der Waals surface area contributed by atoms with Gasteiger partial charge in [-0.15, -0.1) is 0 Å². The number of nitrogens with one attached hydrogen (secondary N) is 1. The third-order valence-electron chi connectivity index (χ3n) is 4.91. The van der Waals surface area contributed by atoms with Gasteiger partial charge in [0.1, 0.15) is 23.1 Å². The summed E-state index contributed by atoms with van der Waals surface area (Å²) in [7, 11) is 1.49. The lowest BCUT2D eigenvalue weighted by Gasteiger charge is -2.16. The molecule has 0 radical (unpaired) electrons. The standard InChI is InChI=1S/C24H18F2N2O3/c1-14-8-11-20(31-2)18(12-14)27-22-21(15-6-4-3-5-7-15)23(29)28(24(22)30)19-10-9-16(25)13-17(19)26/h3-13,27H,1-2H3. The highest BCUT2D eigenvalue weighted by atomic mass is 19.1. The highest BCUT2D eigenvalue weighted by Gasteiger charge is 2.41. The molecule has 0 aromatic heterocycles. The first-order chi connectivity index (χ1) is 14.9. The Morgan fingerprint density at radius 2 is 1.65 bits per heavy atom. The van der Waals surface area contributed by atoms with Gasteiger partial charge in [-0.2, -0.15) is 0 Å². The van der Waals surface area contributed by atoms with E-state index in [2.05, 4.69) is 5.32 Å². The molecule has 0 saturated carbocycles. The van der Waals surface area contributed by atoms with Gasteiger partial charge in [-0.25, -0.2) is 13.7 Å². The lowest BCUT2D eigenvalue weighted by atomic mass is 10.0. The topological polar surface area (TPSA) is 58.6 Å². The molecule has 3 aromatic rings. The maximum absolute atomic E-state index is 14.5. The zero-order chi connectivity index (χ0) is 22.1. The molecule has 4 rings (SSSR count). The molecule has 0 unspecified atom stereocenters. The molecule has 31 heavy (non-hydrogen) atoms. The van der Waals surface area contributed by atoms with E-state index in [1.807, 2.05) is 13.0 Å². The minimum absolute atomic E-state index is 0.0242. The predicted octanol–water partition coefficient (Wildman–Crippen LogP) is 4.68. The first-order valence-electron chi connectivity index (χ1n) is 9.46. The van der Waals surface area contributed by atoms with Crippen molar-refractivity contribution in [1.29, 1.82) is 0 Å². The van der Waals surface area contributed by atoms with Crippen LogP contribution in [0.5, 0.6) is 5.75 Å². The molecule has 0 aliphatic carbocycles.